The normalized spacial score (nSPS) is 12.0. The van der Waals surface area contributed by atoms with Crippen molar-refractivity contribution in [3.63, 3.8) is 0 Å². The van der Waals surface area contributed by atoms with E-state index < -0.39 is 24.1 Å². The molecule has 4 rings (SSSR count). The third kappa shape index (κ3) is 19.6. The highest BCUT2D eigenvalue weighted by molar-refractivity contribution is 5.89. The molecule has 2 heterocycles. The van der Waals surface area contributed by atoms with Gasteiger partial charge in [-0.15, -0.1) is 0 Å². The van der Waals surface area contributed by atoms with Crippen molar-refractivity contribution in [1.82, 2.24) is 31.2 Å². The molecule has 4 aromatic rings. The van der Waals surface area contributed by atoms with Crippen molar-refractivity contribution in [3.8, 4) is 11.4 Å². The van der Waals surface area contributed by atoms with Crippen LogP contribution in [0.3, 0.4) is 0 Å². The Morgan fingerprint density at radius 2 is 1.28 bits per heavy atom. The summed E-state index contributed by atoms with van der Waals surface area (Å²) in [5.41, 5.74) is 5.09. The average Bonchev–Trinajstić information content (AvgIpc) is 3.28. The standard InChI is InChI=1S/C46H59N7O8/c1-35-19-23-48-41(29-35)42-30-38(20-24-49-42)31-47-32-39(17-9-11-21-51-45(56)60-33-36-13-5-3-6-14-36)43(54)53-40(44(55)50-25-26-59-28-27-58-2)18-10-12-22-52-46(57)61-34-37-15-7-4-8-16-37/h3-8,13-16,19-20,23-24,29-31,39-40H,9-12,17-18,21-22,25-28,32-34H2,1-2H3,(H,50,55)(H,51,56)(H,52,57)(H,53,54). The molecule has 0 fully saturated rings. The quantitative estimate of drug-likeness (QED) is 0.0413. The van der Waals surface area contributed by atoms with Gasteiger partial charge in [0.2, 0.25) is 11.8 Å². The van der Waals surface area contributed by atoms with Crippen LogP contribution in [0.4, 0.5) is 9.59 Å². The number of methoxy groups -OCH3 is 1. The van der Waals surface area contributed by atoms with Crippen LogP contribution in [0.25, 0.3) is 11.4 Å². The van der Waals surface area contributed by atoms with E-state index in [1.165, 1.54) is 0 Å². The van der Waals surface area contributed by atoms with Gasteiger partial charge in [-0.1, -0.05) is 67.1 Å². The number of pyridine rings is 2. The number of hydrogen-bond donors (Lipinski definition) is 4. The van der Waals surface area contributed by atoms with Gasteiger partial charge in [-0.05, 0) is 85.5 Å². The fourth-order valence-electron chi connectivity index (χ4n) is 6.02. The van der Waals surface area contributed by atoms with Crippen molar-refractivity contribution < 1.29 is 38.1 Å². The number of benzene rings is 2. The lowest BCUT2D eigenvalue weighted by molar-refractivity contribution is -0.131. The van der Waals surface area contributed by atoms with Crippen LogP contribution in [0.1, 0.15) is 60.8 Å². The molecule has 4 amide bonds. The molecule has 4 N–H and O–H groups in total. The van der Waals surface area contributed by atoms with E-state index in [0.29, 0.717) is 70.5 Å². The maximum Gasteiger partial charge on any atom is 0.407 e. The fourth-order valence-corrected chi connectivity index (χ4v) is 6.02. The van der Waals surface area contributed by atoms with Crippen LogP contribution in [-0.2, 0) is 41.8 Å². The minimum absolute atomic E-state index is 0.160. The lowest BCUT2D eigenvalue weighted by Crippen LogP contribution is -2.49. The summed E-state index contributed by atoms with van der Waals surface area (Å²) in [5, 5.41) is 11.4. The highest BCUT2D eigenvalue weighted by atomic mass is 16.6. The van der Waals surface area contributed by atoms with Crippen molar-refractivity contribution in [1.29, 1.82) is 0 Å². The van der Waals surface area contributed by atoms with Gasteiger partial charge in [-0.25, -0.2) is 9.59 Å². The Bertz CT molecular complexity index is 1930. The molecule has 15 nitrogen and oxygen atoms in total. The van der Waals surface area contributed by atoms with Crippen LogP contribution in [0.5, 0.6) is 0 Å². The summed E-state index contributed by atoms with van der Waals surface area (Å²) in [4.78, 5) is 65.6. The number of aliphatic imine (C=N–C) groups is 1. The molecule has 0 saturated carbocycles. The van der Waals surface area contributed by atoms with Gasteiger partial charge in [0.05, 0.1) is 43.7 Å². The smallest absolute Gasteiger partial charge is 0.407 e. The molecule has 0 aliphatic heterocycles. The van der Waals surface area contributed by atoms with Crippen molar-refractivity contribution in [2.75, 3.05) is 53.1 Å². The van der Waals surface area contributed by atoms with Crippen molar-refractivity contribution in [2.45, 2.75) is 64.7 Å². The topological polar surface area (TPSA) is 191 Å². The number of unbranched alkanes of at least 4 members (excludes halogenated alkanes) is 2. The molecule has 2 aromatic heterocycles. The van der Waals surface area contributed by atoms with E-state index in [0.717, 1.165) is 27.9 Å². The zero-order chi connectivity index (χ0) is 43.3. The van der Waals surface area contributed by atoms with Crippen LogP contribution in [-0.4, -0.2) is 99.3 Å². The van der Waals surface area contributed by atoms with E-state index in [2.05, 4.69) is 36.2 Å². The summed E-state index contributed by atoms with van der Waals surface area (Å²) in [7, 11) is 1.58. The summed E-state index contributed by atoms with van der Waals surface area (Å²) in [6, 6.07) is 25.6. The number of alkyl carbamates (subject to hydrolysis) is 2. The van der Waals surface area contributed by atoms with Crippen LogP contribution < -0.4 is 21.3 Å². The third-order valence-corrected chi connectivity index (χ3v) is 9.37. The highest BCUT2D eigenvalue weighted by Crippen LogP contribution is 2.17. The predicted molar refractivity (Wildman–Crippen MR) is 233 cm³/mol. The largest absolute Gasteiger partial charge is 0.445 e. The van der Waals surface area contributed by atoms with Crippen molar-refractivity contribution in [3.05, 3.63) is 120 Å². The number of aromatic nitrogens is 2. The molecule has 0 spiro atoms. The molecule has 2 aromatic carbocycles. The Labute approximate surface area is 358 Å². The first kappa shape index (κ1) is 47.5. The van der Waals surface area contributed by atoms with Gasteiger partial charge < -0.3 is 40.2 Å². The van der Waals surface area contributed by atoms with Gasteiger partial charge in [0, 0.05) is 45.4 Å². The summed E-state index contributed by atoms with van der Waals surface area (Å²) in [6.07, 6.45) is 7.17. The predicted octanol–water partition coefficient (Wildman–Crippen LogP) is 5.94. The monoisotopic (exact) mass is 837 g/mol. The van der Waals surface area contributed by atoms with Crippen LogP contribution in [0.2, 0.25) is 0 Å². The molecule has 2 atom stereocenters. The SMILES string of the molecule is COCCOCCNC(=O)C(CCCCNC(=O)OCc1ccccc1)NC(=O)C(CCCCNC(=O)OCc1ccccc1)CN=Cc1ccnc(-c2cc(C)ccn2)c1. The molecule has 0 radical (unpaired) electrons. The second-order valence-electron chi connectivity index (χ2n) is 14.3. The molecule has 61 heavy (non-hydrogen) atoms. The number of ether oxygens (including phenoxy) is 4. The van der Waals surface area contributed by atoms with E-state index in [9.17, 15) is 19.2 Å². The number of nitrogens with one attached hydrogen (secondary N) is 4. The Morgan fingerprint density at radius 3 is 1.90 bits per heavy atom. The second kappa shape index (κ2) is 28.3. The van der Waals surface area contributed by atoms with Crippen molar-refractivity contribution >= 4 is 30.2 Å². The van der Waals surface area contributed by atoms with Crippen molar-refractivity contribution in [2.24, 2.45) is 10.9 Å². The number of carbonyl (C=O) groups excluding carboxylic acids is 4. The summed E-state index contributed by atoms with van der Waals surface area (Å²) < 4.78 is 21.1. The van der Waals surface area contributed by atoms with E-state index in [1.807, 2.05) is 91.9 Å². The lowest BCUT2D eigenvalue weighted by atomic mass is 9.99. The number of amides is 4. The van der Waals surface area contributed by atoms with E-state index in [1.54, 1.807) is 25.7 Å². The van der Waals surface area contributed by atoms with Gasteiger partial charge in [0.25, 0.3) is 0 Å². The number of carbonyl (C=O) groups is 4. The van der Waals surface area contributed by atoms with Gasteiger partial charge in [-0.2, -0.15) is 0 Å². The highest BCUT2D eigenvalue weighted by Gasteiger charge is 2.25. The second-order valence-corrected chi connectivity index (χ2v) is 14.3. The maximum atomic E-state index is 14.0. The summed E-state index contributed by atoms with van der Waals surface area (Å²) in [5.74, 6) is -1.23. The molecule has 0 saturated heterocycles. The average molecular weight is 838 g/mol. The van der Waals surface area contributed by atoms with Gasteiger partial charge in [0.1, 0.15) is 19.3 Å². The van der Waals surface area contributed by atoms with Gasteiger partial charge >= 0.3 is 12.2 Å². The molecule has 0 bridgehead atoms. The number of aryl methyl sites for hydroxylation is 1. The Hall–Kier alpha value is -6.19. The molecule has 0 aliphatic carbocycles. The number of rotatable bonds is 27. The lowest BCUT2D eigenvalue weighted by Gasteiger charge is -2.22. The maximum absolute atomic E-state index is 14.0. The fraction of sp³-hybridized carbons (Fsp3) is 0.413. The minimum Gasteiger partial charge on any atom is -0.445 e. The zero-order valence-electron chi connectivity index (χ0n) is 35.2. The zero-order valence-corrected chi connectivity index (χ0v) is 35.2. The van der Waals surface area contributed by atoms with Crippen LogP contribution >= 0.6 is 0 Å². The Morgan fingerprint density at radius 1 is 0.672 bits per heavy atom. The number of hydrogen-bond acceptors (Lipinski definition) is 11. The van der Waals surface area contributed by atoms with E-state index in [4.69, 9.17) is 18.9 Å². The first-order valence-corrected chi connectivity index (χ1v) is 20.7. The summed E-state index contributed by atoms with van der Waals surface area (Å²) >= 11 is 0. The number of nitrogens with zero attached hydrogens (tertiary/aromatic N) is 3. The first-order chi connectivity index (χ1) is 29.8. The molecule has 0 aliphatic rings. The van der Waals surface area contributed by atoms with Crippen LogP contribution in [0.15, 0.2) is 102 Å². The van der Waals surface area contributed by atoms with Gasteiger partial charge in [0.15, 0.2) is 0 Å². The van der Waals surface area contributed by atoms with Crippen LogP contribution in [0, 0.1) is 12.8 Å². The summed E-state index contributed by atoms with van der Waals surface area (Å²) in [6.45, 7) is 4.55. The Kier molecular flexibility index (Phi) is 22.0. The van der Waals surface area contributed by atoms with E-state index in [-0.39, 0.29) is 44.7 Å². The Balaban J connectivity index is 1.35. The molecule has 15 heteroatoms. The molecular formula is C46H59N7O8. The van der Waals surface area contributed by atoms with Gasteiger partial charge in [-0.3, -0.25) is 24.5 Å². The third-order valence-electron chi connectivity index (χ3n) is 9.37. The molecule has 326 valence electrons. The molecular weight excluding hydrogens is 779 g/mol. The molecule has 2 unspecified atom stereocenters. The minimum atomic E-state index is -0.839. The van der Waals surface area contributed by atoms with E-state index >= 15 is 0 Å². The first-order valence-electron chi connectivity index (χ1n) is 20.7.